The molecule has 108 valence electrons. The number of ether oxygens (including phenoxy) is 1. The summed E-state index contributed by atoms with van der Waals surface area (Å²) in [7, 11) is 1.36. The fourth-order valence-electron chi connectivity index (χ4n) is 1.57. The van der Waals surface area contributed by atoms with Crippen LogP contribution in [0.2, 0.25) is 5.15 Å². The van der Waals surface area contributed by atoms with Gasteiger partial charge in [0.15, 0.2) is 0 Å². The summed E-state index contributed by atoms with van der Waals surface area (Å²) in [6.45, 7) is 0. The van der Waals surface area contributed by atoms with E-state index in [0.717, 1.165) is 6.07 Å². The molecule has 0 atom stereocenters. The minimum Gasteiger partial charge on any atom is -0.480 e. The monoisotopic (exact) mass is 308 g/mol. The SMILES string of the molecule is COc1ncccc1C(=O)Nc1nc(Cl)ccc1[N+](=O)[O-]. The molecule has 1 amide bonds. The lowest BCUT2D eigenvalue weighted by atomic mass is 10.2. The highest BCUT2D eigenvalue weighted by Gasteiger charge is 2.20. The summed E-state index contributed by atoms with van der Waals surface area (Å²) in [5.74, 6) is -0.791. The van der Waals surface area contributed by atoms with Crippen LogP contribution in [-0.4, -0.2) is 27.9 Å². The Morgan fingerprint density at radius 3 is 2.86 bits per heavy atom. The smallest absolute Gasteiger partial charge is 0.311 e. The third-order valence-corrected chi connectivity index (χ3v) is 2.69. The van der Waals surface area contributed by atoms with Crippen LogP contribution in [-0.2, 0) is 0 Å². The molecule has 0 spiro atoms. The van der Waals surface area contributed by atoms with Crippen LogP contribution in [0.5, 0.6) is 5.88 Å². The van der Waals surface area contributed by atoms with Gasteiger partial charge in [0.2, 0.25) is 11.7 Å². The molecule has 0 aromatic carbocycles. The second-order valence-corrected chi connectivity index (χ2v) is 4.16. The molecule has 2 aromatic heterocycles. The fraction of sp³-hybridized carbons (Fsp3) is 0.0833. The van der Waals surface area contributed by atoms with E-state index in [2.05, 4.69) is 15.3 Å². The summed E-state index contributed by atoms with van der Waals surface area (Å²) < 4.78 is 4.95. The van der Waals surface area contributed by atoms with Crippen LogP contribution in [0.25, 0.3) is 0 Å². The number of pyridine rings is 2. The van der Waals surface area contributed by atoms with Crippen LogP contribution >= 0.6 is 11.6 Å². The molecule has 0 saturated heterocycles. The van der Waals surface area contributed by atoms with E-state index in [4.69, 9.17) is 16.3 Å². The van der Waals surface area contributed by atoms with Gasteiger partial charge >= 0.3 is 5.69 Å². The number of carbonyl (C=O) groups excluding carboxylic acids is 1. The first-order chi connectivity index (χ1) is 10.0. The lowest BCUT2D eigenvalue weighted by Gasteiger charge is -2.08. The van der Waals surface area contributed by atoms with Crippen molar-refractivity contribution in [1.29, 1.82) is 0 Å². The predicted molar refractivity (Wildman–Crippen MR) is 74.6 cm³/mol. The Bertz CT molecular complexity index is 707. The molecule has 0 saturated carbocycles. The van der Waals surface area contributed by atoms with Crippen molar-refractivity contribution in [2.45, 2.75) is 0 Å². The molecule has 0 fully saturated rings. The molecular formula is C12H9ClN4O4. The van der Waals surface area contributed by atoms with Crippen molar-refractivity contribution in [2.75, 3.05) is 12.4 Å². The third-order valence-electron chi connectivity index (χ3n) is 2.48. The van der Waals surface area contributed by atoms with E-state index in [1.807, 2.05) is 0 Å². The summed E-state index contributed by atoms with van der Waals surface area (Å²) in [6.07, 6.45) is 1.45. The second kappa shape index (κ2) is 6.14. The first-order valence-electron chi connectivity index (χ1n) is 5.64. The van der Waals surface area contributed by atoms with Crippen molar-refractivity contribution < 1.29 is 14.5 Å². The van der Waals surface area contributed by atoms with Gasteiger partial charge in [-0.1, -0.05) is 11.6 Å². The zero-order valence-corrected chi connectivity index (χ0v) is 11.5. The maximum absolute atomic E-state index is 12.1. The van der Waals surface area contributed by atoms with Crippen LogP contribution in [0.3, 0.4) is 0 Å². The van der Waals surface area contributed by atoms with Gasteiger partial charge in [0, 0.05) is 12.3 Å². The number of nitrogens with zero attached hydrogens (tertiary/aromatic N) is 3. The number of aromatic nitrogens is 2. The quantitative estimate of drug-likeness (QED) is 0.527. The molecular weight excluding hydrogens is 300 g/mol. The van der Waals surface area contributed by atoms with Gasteiger partial charge in [0.1, 0.15) is 10.7 Å². The third kappa shape index (κ3) is 3.23. The Labute approximate surface area is 123 Å². The zero-order valence-electron chi connectivity index (χ0n) is 10.7. The molecule has 8 nitrogen and oxygen atoms in total. The maximum Gasteiger partial charge on any atom is 0.311 e. The highest BCUT2D eigenvalue weighted by Crippen LogP contribution is 2.25. The van der Waals surface area contributed by atoms with Gasteiger partial charge in [-0.3, -0.25) is 14.9 Å². The lowest BCUT2D eigenvalue weighted by Crippen LogP contribution is -2.15. The van der Waals surface area contributed by atoms with Crippen molar-refractivity contribution in [3.05, 3.63) is 51.3 Å². The standard InChI is InChI=1S/C12H9ClN4O4/c1-21-12-7(3-2-6-14-12)11(18)16-10-8(17(19)20)4-5-9(13)15-10/h2-6H,1H3,(H,15,16,18). The second-order valence-electron chi connectivity index (χ2n) is 3.77. The summed E-state index contributed by atoms with van der Waals surface area (Å²) in [6, 6.07) is 5.43. The topological polar surface area (TPSA) is 107 Å². The van der Waals surface area contributed by atoms with Gasteiger partial charge in [-0.15, -0.1) is 0 Å². The molecule has 0 aliphatic rings. The molecule has 0 unspecified atom stereocenters. The number of halogens is 1. The van der Waals surface area contributed by atoms with E-state index in [1.165, 1.54) is 31.5 Å². The number of anilines is 1. The van der Waals surface area contributed by atoms with Gasteiger partial charge in [0.25, 0.3) is 5.91 Å². The average molecular weight is 309 g/mol. The van der Waals surface area contributed by atoms with Crippen LogP contribution in [0.1, 0.15) is 10.4 Å². The average Bonchev–Trinajstić information content (AvgIpc) is 2.46. The highest BCUT2D eigenvalue weighted by atomic mass is 35.5. The molecule has 1 N–H and O–H groups in total. The Morgan fingerprint density at radius 1 is 1.43 bits per heavy atom. The van der Waals surface area contributed by atoms with Crippen molar-refractivity contribution >= 4 is 29.0 Å². The van der Waals surface area contributed by atoms with Crippen molar-refractivity contribution in [3.63, 3.8) is 0 Å². The molecule has 0 aliphatic carbocycles. The molecule has 0 aliphatic heterocycles. The first-order valence-corrected chi connectivity index (χ1v) is 6.02. The fourth-order valence-corrected chi connectivity index (χ4v) is 1.72. The number of rotatable bonds is 4. The largest absolute Gasteiger partial charge is 0.480 e. The number of hydrogen-bond acceptors (Lipinski definition) is 6. The number of nitrogens with one attached hydrogen (secondary N) is 1. The van der Waals surface area contributed by atoms with E-state index in [-0.39, 0.29) is 28.1 Å². The van der Waals surface area contributed by atoms with E-state index in [0.29, 0.717) is 0 Å². The van der Waals surface area contributed by atoms with Gasteiger partial charge < -0.3 is 10.1 Å². The van der Waals surface area contributed by atoms with Gasteiger partial charge in [0.05, 0.1) is 12.0 Å². The molecule has 2 heterocycles. The van der Waals surface area contributed by atoms with Crippen LogP contribution in [0.4, 0.5) is 11.5 Å². The number of hydrogen-bond donors (Lipinski definition) is 1. The number of nitro groups is 1. The molecule has 2 rings (SSSR count). The summed E-state index contributed by atoms with van der Waals surface area (Å²) >= 11 is 5.69. The molecule has 0 bridgehead atoms. The van der Waals surface area contributed by atoms with E-state index in [1.54, 1.807) is 0 Å². The van der Waals surface area contributed by atoms with Gasteiger partial charge in [-0.05, 0) is 18.2 Å². The summed E-state index contributed by atoms with van der Waals surface area (Å²) in [4.78, 5) is 30.0. The van der Waals surface area contributed by atoms with Crippen molar-refractivity contribution in [3.8, 4) is 5.88 Å². The number of methoxy groups -OCH3 is 1. The van der Waals surface area contributed by atoms with Crippen LogP contribution in [0.15, 0.2) is 30.5 Å². The van der Waals surface area contributed by atoms with Crippen LogP contribution in [0, 0.1) is 10.1 Å². The first kappa shape index (κ1) is 14.7. The Balaban J connectivity index is 2.36. The normalized spacial score (nSPS) is 10.0. The van der Waals surface area contributed by atoms with Crippen molar-refractivity contribution in [1.82, 2.24) is 9.97 Å². The van der Waals surface area contributed by atoms with E-state index in [9.17, 15) is 14.9 Å². The predicted octanol–water partition coefficient (Wildman–Crippen LogP) is 2.30. The maximum atomic E-state index is 12.1. The minimum absolute atomic E-state index is 0.0223. The Kier molecular flexibility index (Phi) is 4.29. The molecule has 2 aromatic rings. The molecule has 21 heavy (non-hydrogen) atoms. The summed E-state index contributed by atoms with van der Waals surface area (Å²) in [5, 5.41) is 13.3. The Morgan fingerprint density at radius 2 is 2.19 bits per heavy atom. The van der Waals surface area contributed by atoms with Crippen LogP contribution < -0.4 is 10.1 Å². The van der Waals surface area contributed by atoms with E-state index < -0.39 is 10.8 Å². The highest BCUT2D eigenvalue weighted by molar-refractivity contribution is 6.29. The van der Waals surface area contributed by atoms with Gasteiger partial charge in [-0.2, -0.15) is 0 Å². The minimum atomic E-state index is -0.667. The van der Waals surface area contributed by atoms with E-state index >= 15 is 0 Å². The Hall–Kier alpha value is -2.74. The zero-order chi connectivity index (χ0) is 15.4. The van der Waals surface area contributed by atoms with Gasteiger partial charge in [-0.25, -0.2) is 9.97 Å². The van der Waals surface area contributed by atoms with Crippen molar-refractivity contribution in [2.24, 2.45) is 0 Å². The molecule has 9 heteroatoms. The number of carbonyl (C=O) groups is 1. The number of amides is 1. The molecule has 0 radical (unpaired) electrons. The summed E-state index contributed by atoms with van der Waals surface area (Å²) in [5.41, 5.74) is -0.244. The lowest BCUT2D eigenvalue weighted by molar-refractivity contribution is -0.384.